The highest BCUT2D eigenvalue weighted by atomic mass is 16.6. The van der Waals surface area contributed by atoms with Gasteiger partial charge in [-0.25, -0.2) is 4.79 Å². The van der Waals surface area contributed by atoms with Gasteiger partial charge < -0.3 is 14.8 Å². The molecule has 0 aromatic heterocycles. The molecule has 0 aliphatic heterocycles. The van der Waals surface area contributed by atoms with Crippen LogP contribution in [0.2, 0.25) is 0 Å². The summed E-state index contributed by atoms with van der Waals surface area (Å²) >= 11 is 0. The van der Waals surface area contributed by atoms with E-state index in [1.54, 1.807) is 24.3 Å². The van der Waals surface area contributed by atoms with Gasteiger partial charge in [0, 0.05) is 6.04 Å². The number of hydrogen-bond donors (Lipinski definition) is 1. The van der Waals surface area contributed by atoms with Crippen LogP contribution in [0.1, 0.15) is 26.3 Å². The highest BCUT2D eigenvalue weighted by Gasteiger charge is 2.13. The predicted molar refractivity (Wildman–Crippen MR) is 80.1 cm³/mol. The third-order valence-electron chi connectivity index (χ3n) is 3.09. The van der Waals surface area contributed by atoms with E-state index >= 15 is 0 Å². The number of nitrogens with zero attached hydrogens (tertiary/aromatic N) is 1. The third kappa shape index (κ3) is 6.27. The fourth-order valence-electron chi connectivity index (χ4n) is 1.42. The Morgan fingerprint density at radius 1 is 1.18 bits per heavy atom. The number of rotatable bonds is 7. The molecule has 6 heteroatoms. The quantitative estimate of drug-likeness (QED) is 0.774. The van der Waals surface area contributed by atoms with Crippen molar-refractivity contribution in [3.63, 3.8) is 0 Å². The van der Waals surface area contributed by atoms with E-state index in [1.807, 2.05) is 26.8 Å². The zero-order valence-corrected chi connectivity index (χ0v) is 13.0. The topological polar surface area (TPSA) is 88.4 Å². The molecule has 1 atom stereocenters. The van der Waals surface area contributed by atoms with E-state index in [-0.39, 0.29) is 25.2 Å². The Bertz CT molecular complexity index is 546. The minimum atomic E-state index is -0.628. The maximum Gasteiger partial charge on any atom is 0.344 e. The van der Waals surface area contributed by atoms with Gasteiger partial charge in [0.1, 0.15) is 5.75 Å². The van der Waals surface area contributed by atoms with Gasteiger partial charge in [0.15, 0.2) is 13.2 Å². The summed E-state index contributed by atoms with van der Waals surface area (Å²) in [5, 5.41) is 11.4. The molecule has 1 rings (SSSR count). The Morgan fingerprint density at radius 3 is 2.36 bits per heavy atom. The van der Waals surface area contributed by atoms with Gasteiger partial charge >= 0.3 is 5.97 Å². The van der Waals surface area contributed by atoms with Crippen molar-refractivity contribution in [3.05, 3.63) is 29.8 Å². The molecular weight excluding hydrogens is 284 g/mol. The lowest BCUT2D eigenvalue weighted by Gasteiger charge is -2.17. The molecule has 1 N–H and O–H groups in total. The van der Waals surface area contributed by atoms with Crippen LogP contribution in [0, 0.1) is 17.2 Å². The van der Waals surface area contributed by atoms with Crippen molar-refractivity contribution in [1.29, 1.82) is 5.26 Å². The van der Waals surface area contributed by atoms with E-state index in [0.29, 0.717) is 17.2 Å². The first-order valence-electron chi connectivity index (χ1n) is 7.00. The van der Waals surface area contributed by atoms with E-state index in [9.17, 15) is 9.59 Å². The number of benzene rings is 1. The summed E-state index contributed by atoms with van der Waals surface area (Å²) in [6.07, 6.45) is 0. The van der Waals surface area contributed by atoms with Crippen LogP contribution in [0.5, 0.6) is 5.75 Å². The van der Waals surface area contributed by atoms with Crippen molar-refractivity contribution < 1.29 is 19.1 Å². The normalized spacial score (nSPS) is 11.4. The lowest BCUT2D eigenvalue weighted by Crippen LogP contribution is -2.39. The molecule has 1 aromatic carbocycles. The minimum absolute atomic E-state index is 0.0149. The summed E-state index contributed by atoms with van der Waals surface area (Å²) in [4.78, 5) is 23.0. The van der Waals surface area contributed by atoms with Crippen LogP contribution in [0.15, 0.2) is 24.3 Å². The molecular formula is C16H20N2O4. The highest BCUT2D eigenvalue weighted by Crippen LogP contribution is 2.11. The van der Waals surface area contributed by atoms with E-state index in [1.165, 1.54) is 0 Å². The first kappa shape index (κ1) is 17.5. The van der Waals surface area contributed by atoms with E-state index in [4.69, 9.17) is 14.7 Å². The number of hydrogen-bond acceptors (Lipinski definition) is 5. The van der Waals surface area contributed by atoms with Crippen LogP contribution in [-0.4, -0.2) is 31.1 Å². The molecule has 0 radical (unpaired) electrons. The largest absolute Gasteiger partial charge is 0.482 e. The zero-order valence-electron chi connectivity index (χ0n) is 13.0. The molecule has 118 valence electrons. The first-order valence-corrected chi connectivity index (χ1v) is 7.00. The SMILES string of the molecule is CC(C)[C@@H](C)NC(=O)COC(=O)COc1ccc(C#N)cc1. The molecule has 0 unspecified atom stereocenters. The van der Waals surface area contributed by atoms with Crippen LogP contribution in [-0.2, 0) is 14.3 Å². The first-order chi connectivity index (χ1) is 10.4. The molecule has 1 amide bonds. The molecule has 22 heavy (non-hydrogen) atoms. The molecule has 0 saturated carbocycles. The van der Waals surface area contributed by atoms with Gasteiger partial charge in [-0.2, -0.15) is 5.26 Å². The summed E-state index contributed by atoms with van der Waals surface area (Å²) in [6, 6.07) is 8.34. The number of carbonyl (C=O) groups excluding carboxylic acids is 2. The summed E-state index contributed by atoms with van der Waals surface area (Å²) in [6.45, 7) is 5.24. The fraction of sp³-hybridized carbons (Fsp3) is 0.438. The van der Waals surface area contributed by atoms with Crippen molar-refractivity contribution in [1.82, 2.24) is 5.32 Å². The number of amides is 1. The number of nitriles is 1. The van der Waals surface area contributed by atoms with E-state index in [2.05, 4.69) is 5.32 Å². The average Bonchev–Trinajstić information content (AvgIpc) is 2.51. The Labute approximate surface area is 130 Å². The molecule has 6 nitrogen and oxygen atoms in total. The molecule has 0 aliphatic carbocycles. The summed E-state index contributed by atoms with van der Waals surface area (Å²) in [5.74, 6) is -0.210. The van der Waals surface area contributed by atoms with Crippen LogP contribution in [0.25, 0.3) is 0 Å². The monoisotopic (exact) mass is 304 g/mol. The second-order valence-electron chi connectivity index (χ2n) is 5.19. The standard InChI is InChI=1S/C16H20N2O4/c1-11(2)12(3)18-15(19)9-22-16(20)10-21-14-6-4-13(8-17)5-7-14/h4-7,11-12H,9-10H2,1-3H3,(H,18,19)/t12-/m1/s1. The number of ether oxygens (including phenoxy) is 2. The minimum Gasteiger partial charge on any atom is -0.482 e. The van der Waals surface area contributed by atoms with Gasteiger partial charge in [-0.3, -0.25) is 4.79 Å². The van der Waals surface area contributed by atoms with E-state index < -0.39 is 5.97 Å². The summed E-state index contributed by atoms with van der Waals surface area (Å²) in [5.41, 5.74) is 0.505. The Kier molecular flexibility index (Phi) is 6.90. The number of esters is 1. The molecule has 1 aromatic rings. The van der Waals surface area contributed by atoms with Gasteiger partial charge in [0.2, 0.25) is 0 Å². The van der Waals surface area contributed by atoms with Gasteiger partial charge in [0.05, 0.1) is 11.6 Å². The zero-order chi connectivity index (χ0) is 16.5. The van der Waals surface area contributed by atoms with Crippen LogP contribution in [0.3, 0.4) is 0 Å². The number of nitrogens with one attached hydrogen (secondary N) is 1. The average molecular weight is 304 g/mol. The van der Waals surface area contributed by atoms with Crippen molar-refractivity contribution >= 4 is 11.9 Å². The second kappa shape index (κ2) is 8.67. The lowest BCUT2D eigenvalue weighted by atomic mass is 10.1. The predicted octanol–water partition coefficient (Wildman–Crippen LogP) is 1.64. The third-order valence-corrected chi connectivity index (χ3v) is 3.09. The van der Waals surface area contributed by atoms with Crippen molar-refractivity contribution in [2.24, 2.45) is 5.92 Å². The maximum atomic E-state index is 11.5. The molecule has 0 fully saturated rings. The van der Waals surface area contributed by atoms with Gasteiger partial charge in [-0.05, 0) is 37.1 Å². The Morgan fingerprint density at radius 2 is 1.82 bits per heavy atom. The molecule has 0 spiro atoms. The summed E-state index contributed by atoms with van der Waals surface area (Å²) < 4.78 is 10.0. The Hall–Kier alpha value is -2.55. The molecule has 0 bridgehead atoms. The van der Waals surface area contributed by atoms with Gasteiger partial charge in [-0.1, -0.05) is 13.8 Å². The van der Waals surface area contributed by atoms with Gasteiger partial charge in [0.25, 0.3) is 5.91 Å². The molecule has 0 heterocycles. The maximum absolute atomic E-state index is 11.5. The summed E-state index contributed by atoms with van der Waals surface area (Å²) in [7, 11) is 0. The van der Waals surface area contributed by atoms with Crippen molar-refractivity contribution in [2.75, 3.05) is 13.2 Å². The van der Waals surface area contributed by atoms with E-state index in [0.717, 1.165) is 0 Å². The molecule has 0 saturated heterocycles. The van der Waals surface area contributed by atoms with Gasteiger partial charge in [-0.15, -0.1) is 0 Å². The van der Waals surface area contributed by atoms with Crippen LogP contribution >= 0.6 is 0 Å². The highest BCUT2D eigenvalue weighted by molar-refractivity contribution is 5.81. The van der Waals surface area contributed by atoms with Crippen molar-refractivity contribution in [2.45, 2.75) is 26.8 Å². The van der Waals surface area contributed by atoms with Crippen molar-refractivity contribution in [3.8, 4) is 11.8 Å². The second-order valence-corrected chi connectivity index (χ2v) is 5.19. The number of carbonyl (C=O) groups is 2. The smallest absolute Gasteiger partial charge is 0.344 e. The van der Waals surface area contributed by atoms with Crippen LogP contribution < -0.4 is 10.1 Å². The van der Waals surface area contributed by atoms with Crippen LogP contribution in [0.4, 0.5) is 0 Å². The molecule has 0 aliphatic rings. The fourth-order valence-corrected chi connectivity index (χ4v) is 1.42. The lowest BCUT2D eigenvalue weighted by molar-refractivity contribution is -0.150. The Balaban J connectivity index is 2.28.